The second-order valence-electron chi connectivity index (χ2n) is 5.82. The summed E-state index contributed by atoms with van der Waals surface area (Å²) in [6, 6.07) is 15.5. The number of fused-ring (bicyclic) bond motifs is 1. The Balaban J connectivity index is 1.68. The summed E-state index contributed by atoms with van der Waals surface area (Å²) in [5.41, 5.74) is 3.89. The molecule has 2 aromatic rings. The molecule has 0 bridgehead atoms. The van der Waals surface area contributed by atoms with Gasteiger partial charge in [0.05, 0.1) is 0 Å². The molecule has 2 atom stereocenters. The van der Waals surface area contributed by atoms with Crippen LogP contribution in [-0.4, -0.2) is 6.79 Å². The van der Waals surface area contributed by atoms with Crippen LogP contribution >= 0.6 is 0 Å². The fraction of sp³-hybridized carbons (Fsp3) is 0.368. The van der Waals surface area contributed by atoms with Crippen molar-refractivity contribution in [1.82, 2.24) is 5.32 Å². The third-order valence-corrected chi connectivity index (χ3v) is 4.28. The molecule has 0 aliphatic carbocycles. The van der Waals surface area contributed by atoms with Gasteiger partial charge in [0.1, 0.15) is 0 Å². The summed E-state index contributed by atoms with van der Waals surface area (Å²) in [5, 5.41) is 3.64. The van der Waals surface area contributed by atoms with Crippen molar-refractivity contribution >= 4 is 0 Å². The van der Waals surface area contributed by atoms with Gasteiger partial charge in [-0.15, -0.1) is 0 Å². The quantitative estimate of drug-likeness (QED) is 0.888. The molecule has 116 valence electrons. The van der Waals surface area contributed by atoms with Crippen molar-refractivity contribution in [3.05, 3.63) is 59.2 Å². The second-order valence-corrected chi connectivity index (χ2v) is 5.82. The molecule has 1 N–H and O–H groups in total. The van der Waals surface area contributed by atoms with Gasteiger partial charge in [0.2, 0.25) is 6.79 Å². The zero-order valence-corrected chi connectivity index (χ0v) is 13.4. The summed E-state index contributed by atoms with van der Waals surface area (Å²) >= 11 is 0. The molecule has 2 aromatic carbocycles. The predicted octanol–water partition coefficient (Wildman–Crippen LogP) is 4.39. The maximum atomic E-state index is 5.45. The minimum absolute atomic E-state index is 0.246. The number of hydrogen-bond acceptors (Lipinski definition) is 3. The fourth-order valence-electron chi connectivity index (χ4n) is 2.79. The van der Waals surface area contributed by atoms with Crippen LogP contribution in [0.25, 0.3) is 0 Å². The lowest BCUT2D eigenvalue weighted by Gasteiger charge is -2.21. The minimum atomic E-state index is 0.246. The Bertz CT molecular complexity index is 636. The average Bonchev–Trinajstić information content (AvgIpc) is 3.02. The van der Waals surface area contributed by atoms with Crippen LogP contribution in [0.4, 0.5) is 0 Å². The summed E-state index contributed by atoms with van der Waals surface area (Å²) in [4.78, 5) is 0. The molecule has 3 heteroatoms. The second kappa shape index (κ2) is 6.41. The zero-order chi connectivity index (χ0) is 15.5. The predicted molar refractivity (Wildman–Crippen MR) is 88.4 cm³/mol. The summed E-state index contributed by atoms with van der Waals surface area (Å²) in [5.74, 6) is 1.67. The van der Waals surface area contributed by atoms with Gasteiger partial charge in [-0.2, -0.15) is 0 Å². The van der Waals surface area contributed by atoms with E-state index in [0.29, 0.717) is 12.8 Å². The van der Waals surface area contributed by atoms with Crippen molar-refractivity contribution in [2.24, 2.45) is 0 Å². The molecule has 1 aliphatic heterocycles. The van der Waals surface area contributed by atoms with Crippen molar-refractivity contribution in [3.63, 3.8) is 0 Å². The van der Waals surface area contributed by atoms with Gasteiger partial charge in [-0.05, 0) is 49.1 Å². The van der Waals surface area contributed by atoms with Gasteiger partial charge in [-0.1, -0.05) is 37.3 Å². The summed E-state index contributed by atoms with van der Waals surface area (Å²) in [7, 11) is 0. The molecule has 0 saturated carbocycles. The van der Waals surface area contributed by atoms with Gasteiger partial charge >= 0.3 is 0 Å². The Hall–Kier alpha value is -2.00. The van der Waals surface area contributed by atoms with Crippen LogP contribution < -0.4 is 14.8 Å². The number of aryl methyl sites for hydroxylation is 1. The standard InChI is InChI=1S/C19H23NO2/c1-4-15-5-7-16(8-6-15)13(2)20-14(3)17-9-10-18-19(11-17)22-12-21-18/h5-11,13-14,20H,4,12H2,1-3H3. The van der Waals surface area contributed by atoms with E-state index >= 15 is 0 Å². The van der Waals surface area contributed by atoms with Gasteiger partial charge in [0.15, 0.2) is 11.5 Å². The van der Waals surface area contributed by atoms with E-state index in [2.05, 4.69) is 62.5 Å². The SMILES string of the molecule is CCc1ccc(C(C)NC(C)c2ccc3c(c2)OCO3)cc1. The van der Waals surface area contributed by atoms with E-state index in [9.17, 15) is 0 Å². The van der Waals surface area contributed by atoms with Crippen LogP contribution in [0, 0.1) is 0 Å². The maximum Gasteiger partial charge on any atom is 0.231 e. The fourth-order valence-corrected chi connectivity index (χ4v) is 2.79. The first kappa shape index (κ1) is 14.9. The van der Waals surface area contributed by atoms with E-state index in [4.69, 9.17) is 9.47 Å². The third kappa shape index (κ3) is 3.09. The molecule has 1 aliphatic rings. The molecule has 22 heavy (non-hydrogen) atoms. The molecule has 0 spiro atoms. The highest BCUT2D eigenvalue weighted by Gasteiger charge is 2.17. The normalized spacial score (nSPS) is 15.6. The van der Waals surface area contributed by atoms with Crippen LogP contribution in [0.15, 0.2) is 42.5 Å². The van der Waals surface area contributed by atoms with Crippen molar-refractivity contribution in [1.29, 1.82) is 0 Å². The van der Waals surface area contributed by atoms with E-state index in [1.807, 2.05) is 6.07 Å². The van der Waals surface area contributed by atoms with Crippen LogP contribution in [0.5, 0.6) is 11.5 Å². The monoisotopic (exact) mass is 297 g/mol. The van der Waals surface area contributed by atoms with Crippen LogP contribution in [-0.2, 0) is 6.42 Å². The van der Waals surface area contributed by atoms with Gasteiger partial charge in [0, 0.05) is 12.1 Å². The first-order valence-electron chi connectivity index (χ1n) is 7.92. The third-order valence-electron chi connectivity index (χ3n) is 4.28. The average molecular weight is 297 g/mol. The molecular weight excluding hydrogens is 274 g/mol. The summed E-state index contributed by atoms with van der Waals surface area (Å²) < 4.78 is 10.8. The van der Waals surface area contributed by atoms with E-state index in [-0.39, 0.29) is 6.04 Å². The molecule has 0 saturated heterocycles. The molecule has 0 amide bonds. The van der Waals surface area contributed by atoms with Crippen molar-refractivity contribution in [3.8, 4) is 11.5 Å². The van der Waals surface area contributed by atoms with Gasteiger partial charge in [-0.25, -0.2) is 0 Å². The van der Waals surface area contributed by atoms with Crippen molar-refractivity contribution in [2.75, 3.05) is 6.79 Å². The van der Waals surface area contributed by atoms with E-state index < -0.39 is 0 Å². The zero-order valence-electron chi connectivity index (χ0n) is 13.4. The van der Waals surface area contributed by atoms with Gasteiger partial charge in [-0.3, -0.25) is 0 Å². The Labute approximate surface area is 132 Å². The van der Waals surface area contributed by atoms with E-state index in [1.54, 1.807) is 0 Å². The van der Waals surface area contributed by atoms with Crippen LogP contribution in [0.2, 0.25) is 0 Å². The maximum absolute atomic E-state index is 5.45. The smallest absolute Gasteiger partial charge is 0.231 e. The summed E-state index contributed by atoms with van der Waals surface area (Å²) in [6.07, 6.45) is 1.08. The molecule has 0 fully saturated rings. The summed E-state index contributed by atoms with van der Waals surface area (Å²) in [6.45, 7) is 6.87. The molecule has 3 rings (SSSR count). The molecule has 0 aromatic heterocycles. The lowest BCUT2D eigenvalue weighted by Crippen LogP contribution is -2.22. The first-order chi connectivity index (χ1) is 10.7. The van der Waals surface area contributed by atoms with Gasteiger partial charge in [0.25, 0.3) is 0 Å². The number of benzene rings is 2. The highest BCUT2D eigenvalue weighted by atomic mass is 16.7. The highest BCUT2D eigenvalue weighted by molar-refractivity contribution is 5.45. The Morgan fingerprint density at radius 3 is 2.27 bits per heavy atom. The Morgan fingerprint density at radius 1 is 0.909 bits per heavy atom. The lowest BCUT2D eigenvalue weighted by molar-refractivity contribution is 0.174. The lowest BCUT2D eigenvalue weighted by atomic mass is 10.0. The molecule has 2 unspecified atom stereocenters. The minimum Gasteiger partial charge on any atom is -0.454 e. The van der Waals surface area contributed by atoms with Gasteiger partial charge < -0.3 is 14.8 Å². The molecule has 0 radical (unpaired) electrons. The largest absolute Gasteiger partial charge is 0.454 e. The van der Waals surface area contributed by atoms with Crippen molar-refractivity contribution in [2.45, 2.75) is 39.3 Å². The number of ether oxygens (including phenoxy) is 2. The van der Waals surface area contributed by atoms with Crippen molar-refractivity contribution < 1.29 is 9.47 Å². The number of hydrogen-bond donors (Lipinski definition) is 1. The Kier molecular flexibility index (Phi) is 4.34. The number of rotatable bonds is 5. The van der Waals surface area contributed by atoms with E-state index in [0.717, 1.165) is 17.9 Å². The molecule has 3 nitrogen and oxygen atoms in total. The van der Waals surface area contributed by atoms with E-state index in [1.165, 1.54) is 16.7 Å². The first-order valence-corrected chi connectivity index (χ1v) is 7.92. The molecular formula is C19H23NO2. The topological polar surface area (TPSA) is 30.5 Å². The number of nitrogens with one attached hydrogen (secondary N) is 1. The molecule has 1 heterocycles. The van der Waals surface area contributed by atoms with Crippen LogP contribution in [0.1, 0.15) is 49.5 Å². The van der Waals surface area contributed by atoms with Crippen LogP contribution in [0.3, 0.4) is 0 Å². The Morgan fingerprint density at radius 2 is 1.55 bits per heavy atom. The highest BCUT2D eigenvalue weighted by Crippen LogP contribution is 2.34.